The lowest BCUT2D eigenvalue weighted by atomic mass is 9.92. The summed E-state index contributed by atoms with van der Waals surface area (Å²) in [4.78, 5) is 30.1. The van der Waals surface area contributed by atoms with Crippen molar-refractivity contribution in [3.05, 3.63) is 29.5 Å². The first-order valence-corrected chi connectivity index (χ1v) is 12.1. The molecule has 1 unspecified atom stereocenters. The fraction of sp³-hybridized carbons (Fsp3) is 0.500. The van der Waals surface area contributed by atoms with Gasteiger partial charge in [-0.3, -0.25) is 9.59 Å². The molecular weight excluding hydrogens is 486 g/mol. The Bertz CT molecular complexity index is 1280. The molecule has 2 aromatic rings. The van der Waals surface area contributed by atoms with E-state index in [1.54, 1.807) is 19.9 Å². The highest BCUT2D eigenvalue weighted by molar-refractivity contribution is 6.03. The number of hydrogen-bond acceptors (Lipinski definition) is 7. The van der Waals surface area contributed by atoms with Crippen LogP contribution < -0.4 is 20.5 Å². The molecule has 2 amide bonds. The molecule has 9 nitrogen and oxygen atoms in total. The summed E-state index contributed by atoms with van der Waals surface area (Å²) < 4.78 is 38.8. The van der Waals surface area contributed by atoms with Crippen molar-refractivity contribution in [2.24, 2.45) is 5.73 Å². The van der Waals surface area contributed by atoms with Crippen molar-refractivity contribution < 1.29 is 33.0 Å². The average molecular weight is 517 g/mol. The molecule has 2 saturated heterocycles. The number of benzene rings is 1. The van der Waals surface area contributed by atoms with Gasteiger partial charge in [0.1, 0.15) is 18.0 Å². The highest BCUT2D eigenvalue weighted by atomic mass is 19.3. The molecule has 2 aliphatic rings. The number of hydrogen-bond donors (Lipinski definition) is 3. The summed E-state index contributed by atoms with van der Waals surface area (Å²) in [7, 11) is 1.98. The molecule has 4 rings (SSSR count). The van der Waals surface area contributed by atoms with Gasteiger partial charge >= 0.3 is 5.92 Å². The van der Waals surface area contributed by atoms with Crippen LogP contribution in [0.15, 0.2) is 18.3 Å². The largest absolute Gasteiger partial charge is 0.490 e. The number of likely N-dealkylation sites (tertiary alicyclic amines) is 1. The number of aromatic nitrogens is 1. The number of primary amides is 1. The van der Waals surface area contributed by atoms with E-state index in [2.05, 4.69) is 27.0 Å². The van der Waals surface area contributed by atoms with Crippen molar-refractivity contribution in [2.75, 3.05) is 26.7 Å². The van der Waals surface area contributed by atoms with Gasteiger partial charge in [-0.05, 0) is 33.0 Å². The quantitative estimate of drug-likeness (QED) is 0.500. The van der Waals surface area contributed by atoms with Crippen LogP contribution in [0.5, 0.6) is 11.6 Å². The Kier molecular flexibility index (Phi) is 7.26. The van der Waals surface area contributed by atoms with Crippen LogP contribution in [0, 0.1) is 11.8 Å². The van der Waals surface area contributed by atoms with Crippen LogP contribution >= 0.6 is 0 Å². The van der Waals surface area contributed by atoms with E-state index < -0.39 is 35.8 Å². The summed E-state index contributed by atoms with van der Waals surface area (Å²) in [5.41, 5.74) is 5.01. The molecule has 11 heteroatoms. The van der Waals surface area contributed by atoms with Crippen molar-refractivity contribution in [3.8, 4) is 23.5 Å². The molecule has 3 heterocycles. The number of pyridine rings is 1. The number of amides is 2. The highest BCUT2D eigenvalue weighted by Crippen LogP contribution is 2.34. The van der Waals surface area contributed by atoms with Gasteiger partial charge in [-0.2, -0.15) is 8.78 Å². The Morgan fingerprint density at radius 1 is 1.32 bits per heavy atom. The summed E-state index contributed by atoms with van der Waals surface area (Å²) >= 11 is 0. The molecule has 0 radical (unpaired) electrons. The number of nitrogens with zero attached hydrogens (tertiary/aromatic N) is 2. The molecule has 198 valence electrons. The van der Waals surface area contributed by atoms with E-state index in [1.807, 2.05) is 7.05 Å². The molecule has 2 fully saturated rings. The lowest BCUT2D eigenvalue weighted by Gasteiger charge is -2.32. The Hall–Kier alpha value is -3.49. The van der Waals surface area contributed by atoms with Gasteiger partial charge in [0.15, 0.2) is 0 Å². The smallest absolute Gasteiger partial charge is 0.326 e. The van der Waals surface area contributed by atoms with Crippen LogP contribution in [0.3, 0.4) is 0 Å². The number of carbonyl (C=O) groups excluding carboxylic acids is 2. The maximum absolute atomic E-state index is 13.6. The van der Waals surface area contributed by atoms with E-state index in [9.17, 15) is 23.5 Å². The molecule has 0 spiro atoms. The van der Waals surface area contributed by atoms with Gasteiger partial charge in [0.2, 0.25) is 5.88 Å². The summed E-state index contributed by atoms with van der Waals surface area (Å²) in [6.45, 7) is 4.75. The lowest BCUT2D eigenvalue weighted by molar-refractivity contribution is -0.139. The van der Waals surface area contributed by atoms with E-state index in [1.165, 1.54) is 12.3 Å². The number of rotatable bonds is 6. The van der Waals surface area contributed by atoms with Gasteiger partial charge in [0.05, 0.1) is 23.3 Å². The number of nitrogens with two attached hydrogens (primary N) is 1. The number of carbonyl (C=O) groups is 2. The Balaban J connectivity index is 1.74. The number of ether oxygens (including phenoxy) is 2. The molecule has 1 aromatic carbocycles. The fourth-order valence-corrected chi connectivity index (χ4v) is 4.32. The van der Waals surface area contributed by atoms with Crippen LogP contribution in [-0.2, 0) is 4.79 Å². The minimum absolute atomic E-state index is 0.0904. The maximum atomic E-state index is 13.6. The first-order chi connectivity index (χ1) is 17.4. The van der Waals surface area contributed by atoms with Crippen molar-refractivity contribution in [3.63, 3.8) is 0 Å². The standard InChI is InChI=1S/C26H30F2N4O5/c1-15(2)37-21-11-19-18(10-20(21)22(29)33)16(4-5-25(35)6-8-32(3)9-7-25)13-30-23(19)36-14-17-12-26(27,28)24(34)31-17/h10-11,13,15,17,35H,6-9,12,14H2,1-3H3,(H2,29,33)(H,31,34). The monoisotopic (exact) mass is 516 g/mol. The maximum Gasteiger partial charge on any atom is 0.326 e. The molecule has 1 atom stereocenters. The zero-order valence-corrected chi connectivity index (χ0v) is 20.9. The third kappa shape index (κ3) is 5.92. The van der Waals surface area contributed by atoms with Crippen molar-refractivity contribution >= 4 is 22.6 Å². The SMILES string of the molecule is CC(C)Oc1cc2c(OCC3CC(F)(F)C(=O)N3)ncc(C#CC3(O)CCN(C)CC3)c2cc1C(N)=O. The van der Waals surface area contributed by atoms with Crippen molar-refractivity contribution in [2.45, 2.75) is 56.8 Å². The third-order valence-corrected chi connectivity index (χ3v) is 6.41. The van der Waals surface area contributed by atoms with E-state index in [-0.39, 0.29) is 29.9 Å². The minimum atomic E-state index is -3.45. The molecule has 0 aliphatic carbocycles. The number of piperidine rings is 1. The number of fused-ring (bicyclic) bond motifs is 1. The van der Waals surface area contributed by atoms with Gasteiger partial charge in [-0.1, -0.05) is 11.8 Å². The molecule has 2 aliphatic heterocycles. The molecular formula is C26H30F2N4O5. The summed E-state index contributed by atoms with van der Waals surface area (Å²) in [5.74, 6) is 0.749. The third-order valence-electron chi connectivity index (χ3n) is 6.41. The Labute approximate surface area is 213 Å². The first kappa shape index (κ1) is 26.6. The molecule has 37 heavy (non-hydrogen) atoms. The summed E-state index contributed by atoms with van der Waals surface area (Å²) in [6.07, 6.45) is 1.44. The second-order valence-electron chi connectivity index (χ2n) is 9.88. The van der Waals surface area contributed by atoms with Gasteiger partial charge in [0.25, 0.3) is 11.8 Å². The number of halogens is 2. The van der Waals surface area contributed by atoms with Crippen LogP contribution in [0.2, 0.25) is 0 Å². The first-order valence-electron chi connectivity index (χ1n) is 12.1. The number of alkyl halides is 2. The molecule has 0 bridgehead atoms. The Morgan fingerprint density at radius 3 is 2.62 bits per heavy atom. The van der Waals surface area contributed by atoms with E-state index >= 15 is 0 Å². The predicted octanol–water partition coefficient (Wildman–Crippen LogP) is 1.83. The van der Waals surface area contributed by atoms with Crippen LogP contribution in [0.25, 0.3) is 10.8 Å². The normalized spacial score (nSPS) is 20.8. The van der Waals surface area contributed by atoms with Crippen molar-refractivity contribution in [1.82, 2.24) is 15.2 Å². The predicted molar refractivity (Wildman–Crippen MR) is 132 cm³/mol. The van der Waals surface area contributed by atoms with Crippen LogP contribution in [0.4, 0.5) is 8.78 Å². The molecule has 1 aromatic heterocycles. The topological polar surface area (TPSA) is 127 Å². The highest BCUT2D eigenvalue weighted by Gasteiger charge is 2.48. The Morgan fingerprint density at radius 2 is 2.03 bits per heavy atom. The minimum Gasteiger partial charge on any atom is -0.490 e. The second-order valence-corrected chi connectivity index (χ2v) is 9.88. The zero-order chi connectivity index (χ0) is 27.0. The van der Waals surface area contributed by atoms with Gasteiger partial charge in [-0.15, -0.1) is 0 Å². The average Bonchev–Trinajstić information content (AvgIpc) is 3.09. The summed E-state index contributed by atoms with van der Waals surface area (Å²) in [5, 5.41) is 14.0. The van der Waals surface area contributed by atoms with Gasteiger partial charge < -0.3 is 30.5 Å². The number of nitrogens with one attached hydrogen (secondary N) is 1. The lowest BCUT2D eigenvalue weighted by Crippen LogP contribution is -2.41. The number of aliphatic hydroxyl groups is 1. The fourth-order valence-electron chi connectivity index (χ4n) is 4.32. The summed E-state index contributed by atoms with van der Waals surface area (Å²) in [6, 6.07) is 2.18. The van der Waals surface area contributed by atoms with Crippen LogP contribution in [-0.4, -0.2) is 77.2 Å². The van der Waals surface area contributed by atoms with E-state index in [4.69, 9.17) is 15.2 Å². The van der Waals surface area contributed by atoms with E-state index in [0.29, 0.717) is 42.3 Å². The van der Waals surface area contributed by atoms with E-state index in [0.717, 1.165) is 0 Å². The van der Waals surface area contributed by atoms with Gasteiger partial charge in [0, 0.05) is 49.3 Å². The second kappa shape index (κ2) is 10.1. The van der Waals surface area contributed by atoms with Crippen LogP contribution in [0.1, 0.15) is 49.0 Å². The zero-order valence-electron chi connectivity index (χ0n) is 20.9. The van der Waals surface area contributed by atoms with Crippen molar-refractivity contribution in [1.29, 1.82) is 0 Å². The van der Waals surface area contributed by atoms with Gasteiger partial charge in [-0.25, -0.2) is 4.98 Å². The molecule has 0 saturated carbocycles. The molecule has 4 N–H and O–H groups in total.